The van der Waals surface area contributed by atoms with Gasteiger partial charge in [0.05, 0.1) is 12.7 Å². The van der Waals surface area contributed by atoms with Gasteiger partial charge in [0.2, 0.25) is 5.91 Å². The van der Waals surface area contributed by atoms with E-state index in [-0.39, 0.29) is 24.0 Å². The Hall–Kier alpha value is -2.91. The number of nitrogens with zero attached hydrogens (tertiary/aromatic N) is 2. The Morgan fingerprint density at radius 2 is 1.94 bits per heavy atom. The second-order valence-electron chi connectivity index (χ2n) is 8.76. The molecule has 0 saturated heterocycles. The molecule has 1 atom stereocenters. The van der Waals surface area contributed by atoms with E-state index in [1.165, 1.54) is 11.3 Å². The number of thiophene rings is 1. The fraction of sp³-hybridized carbons (Fsp3) is 0.423. The highest BCUT2D eigenvalue weighted by Gasteiger charge is 2.41. The molecule has 1 aliphatic heterocycles. The monoisotopic (exact) mass is 446 g/mol. The number of amides is 1. The molecule has 5 nitrogen and oxygen atoms in total. The number of benzene rings is 1. The van der Waals surface area contributed by atoms with Crippen molar-refractivity contribution in [3.05, 3.63) is 57.1 Å². The van der Waals surface area contributed by atoms with Crippen molar-refractivity contribution in [1.82, 2.24) is 0 Å². The number of carbonyl (C=O) groups excluding carboxylic acids is 2. The lowest BCUT2D eigenvalue weighted by Crippen LogP contribution is -2.40. The number of anilines is 1. The zero-order valence-corrected chi connectivity index (χ0v) is 19.1. The standard InChI is InChI=1S/C26H26N2O3S/c1-31-17-8-5-7-16(13-17)19-14-24(30)28(21-10-6-11-22(29)25(19)21)26-20(15-27)18-9-3-2-4-12-23(18)32-26/h5,7-8,13,19H,2-4,6,9-12,14H2,1H3. The van der Waals surface area contributed by atoms with Crippen LogP contribution in [0.4, 0.5) is 5.00 Å². The zero-order valence-electron chi connectivity index (χ0n) is 18.3. The Morgan fingerprint density at radius 3 is 2.75 bits per heavy atom. The Morgan fingerprint density at radius 1 is 1.09 bits per heavy atom. The van der Waals surface area contributed by atoms with Gasteiger partial charge in [-0.1, -0.05) is 18.6 Å². The highest BCUT2D eigenvalue weighted by Crippen LogP contribution is 2.48. The minimum atomic E-state index is -0.264. The predicted octanol–water partition coefficient (Wildman–Crippen LogP) is 5.42. The largest absolute Gasteiger partial charge is 0.497 e. The zero-order chi connectivity index (χ0) is 22.2. The molecule has 1 unspecified atom stereocenters. The van der Waals surface area contributed by atoms with Crippen molar-refractivity contribution in [3.63, 3.8) is 0 Å². The number of ether oxygens (including phenoxy) is 1. The maximum Gasteiger partial charge on any atom is 0.232 e. The lowest BCUT2D eigenvalue weighted by molar-refractivity contribution is -0.119. The minimum absolute atomic E-state index is 0.0285. The Bertz CT molecular complexity index is 1170. The lowest BCUT2D eigenvalue weighted by atomic mass is 9.77. The normalized spacial score (nSPS) is 21.0. The number of methoxy groups -OCH3 is 1. The number of hydrogen-bond acceptors (Lipinski definition) is 5. The van der Waals surface area contributed by atoms with Crippen molar-refractivity contribution in [2.75, 3.05) is 12.0 Å². The summed E-state index contributed by atoms with van der Waals surface area (Å²) in [6.07, 6.45) is 7.39. The van der Waals surface area contributed by atoms with Crippen molar-refractivity contribution in [3.8, 4) is 11.8 Å². The van der Waals surface area contributed by atoms with Gasteiger partial charge in [0, 0.05) is 34.9 Å². The minimum Gasteiger partial charge on any atom is -0.497 e. The molecule has 2 heterocycles. The molecular formula is C26H26N2O3S. The number of carbonyl (C=O) groups is 2. The van der Waals surface area contributed by atoms with E-state index in [9.17, 15) is 14.9 Å². The molecule has 0 spiro atoms. The molecule has 0 radical (unpaired) electrons. The quantitative estimate of drug-likeness (QED) is 0.590. The first-order valence-corrected chi connectivity index (χ1v) is 12.2. The number of aryl methyl sites for hydroxylation is 1. The summed E-state index contributed by atoms with van der Waals surface area (Å²) in [5.41, 5.74) is 4.25. The molecule has 0 bridgehead atoms. The van der Waals surface area contributed by atoms with Crippen LogP contribution in [-0.4, -0.2) is 18.8 Å². The first-order valence-electron chi connectivity index (χ1n) is 11.4. The maximum atomic E-state index is 13.6. The first kappa shape index (κ1) is 21.0. The molecule has 164 valence electrons. The van der Waals surface area contributed by atoms with Crippen LogP contribution in [0.2, 0.25) is 0 Å². The lowest BCUT2D eigenvalue weighted by Gasteiger charge is -2.38. The van der Waals surface area contributed by atoms with Crippen LogP contribution in [0.5, 0.6) is 5.75 Å². The second kappa shape index (κ2) is 8.55. The van der Waals surface area contributed by atoms with Gasteiger partial charge in [0.25, 0.3) is 0 Å². The molecule has 3 aliphatic rings. The Kier molecular flexibility index (Phi) is 5.60. The average Bonchev–Trinajstić information content (AvgIpc) is 2.98. The van der Waals surface area contributed by atoms with Crippen molar-refractivity contribution >= 4 is 28.0 Å². The van der Waals surface area contributed by atoms with Crippen LogP contribution in [0, 0.1) is 11.3 Å². The van der Waals surface area contributed by atoms with Gasteiger partial charge in [-0.3, -0.25) is 14.5 Å². The van der Waals surface area contributed by atoms with Gasteiger partial charge in [-0.2, -0.15) is 5.26 Å². The topological polar surface area (TPSA) is 70.4 Å². The number of hydrogen-bond donors (Lipinski definition) is 0. The van der Waals surface area contributed by atoms with Crippen molar-refractivity contribution in [2.45, 2.75) is 63.7 Å². The summed E-state index contributed by atoms with van der Waals surface area (Å²) in [6.45, 7) is 0. The van der Waals surface area contributed by atoms with Crippen LogP contribution >= 0.6 is 11.3 Å². The average molecular weight is 447 g/mol. The molecule has 5 rings (SSSR count). The molecule has 0 N–H and O–H groups in total. The third kappa shape index (κ3) is 3.45. The van der Waals surface area contributed by atoms with Crippen LogP contribution in [0.1, 0.15) is 72.4 Å². The number of nitriles is 1. The third-order valence-corrected chi connectivity index (χ3v) is 8.17. The SMILES string of the molecule is COc1cccc(C2CC(=O)N(c3sc4c(c3C#N)CCCCC4)C3=C2C(=O)CCC3)c1. The first-order chi connectivity index (χ1) is 15.6. The second-order valence-corrected chi connectivity index (χ2v) is 9.84. The van der Waals surface area contributed by atoms with Crippen LogP contribution in [0.25, 0.3) is 0 Å². The van der Waals surface area contributed by atoms with E-state index in [1.807, 2.05) is 24.3 Å². The Balaban J connectivity index is 1.65. The third-order valence-electron chi connectivity index (χ3n) is 6.89. The van der Waals surface area contributed by atoms with E-state index >= 15 is 0 Å². The van der Waals surface area contributed by atoms with Gasteiger partial charge in [-0.25, -0.2) is 0 Å². The number of fused-ring (bicyclic) bond motifs is 1. The van der Waals surface area contributed by atoms with E-state index in [4.69, 9.17) is 4.74 Å². The van der Waals surface area contributed by atoms with Crippen molar-refractivity contribution in [1.29, 1.82) is 5.26 Å². The number of rotatable bonds is 3. The van der Waals surface area contributed by atoms with Crippen LogP contribution in [0.3, 0.4) is 0 Å². The Labute approximate surface area is 192 Å². The molecule has 1 aromatic heterocycles. The molecule has 1 aromatic carbocycles. The molecule has 0 fully saturated rings. The summed E-state index contributed by atoms with van der Waals surface area (Å²) >= 11 is 1.59. The molecule has 1 amide bonds. The van der Waals surface area contributed by atoms with Gasteiger partial charge in [0.15, 0.2) is 5.78 Å². The molecule has 32 heavy (non-hydrogen) atoms. The van der Waals surface area contributed by atoms with Crippen molar-refractivity contribution < 1.29 is 14.3 Å². The number of allylic oxidation sites excluding steroid dienone is 2. The summed E-state index contributed by atoms with van der Waals surface area (Å²) in [5, 5.41) is 10.8. The maximum absolute atomic E-state index is 13.6. The molecule has 6 heteroatoms. The van der Waals surface area contributed by atoms with E-state index in [1.54, 1.807) is 23.3 Å². The van der Waals surface area contributed by atoms with Gasteiger partial charge >= 0.3 is 0 Å². The summed E-state index contributed by atoms with van der Waals surface area (Å²) in [6, 6.07) is 10.1. The highest BCUT2D eigenvalue weighted by atomic mass is 32.1. The molecular weight excluding hydrogens is 420 g/mol. The van der Waals surface area contributed by atoms with E-state index in [2.05, 4.69) is 6.07 Å². The van der Waals surface area contributed by atoms with E-state index in [0.717, 1.165) is 65.3 Å². The van der Waals surface area contributed by atoms with Gasteiger partial charge in [0.1, 0.15) is 16.8 Å². The fourth-order valence-electron chi connectivity index (χ4n) is 5.37. The summed E-state index contributed by atoms with van der Waals surface area (Å²) in [4.78, 5) is 29.7. The number of ketones is 1. The van der Waals surface area contributed by atoms with Crippen molar-refractivity contribution in [2.24, 2.45) is 0 Å². The summed E-state index contributed by atoms with van der Waals surface area (Å²) in [5.74, 6) is 0.545. The van der Waals surface area contributed by atoms with Crippen LogP contribution in [-0.2, 0) is 22.4 Å². The van der Waals surface area contributed by atoms with Gasteiger partial charge in [-0.15, -0.1) is 11.3 Å². The number of Topliss-reactive ketones (excluding diaryl/α,β-unsaturated/α-hetero) is 1. The highest BCUT2D eigenvalue weighted by molar-refractivity contribution is 7.16. The molecule has 0 saturated carbocycles. The van der Waals surface area contributed by atoms with E-state index < -0.39 is 0 Å². The van der Waals surface area contributed by atoms with E-state index in [0.29, 0.717) is 18.4 Å². The fourth-order valence-corrected chi connectivity index (χ4v) is 6.75. The summed E-state index contributed by atoms with van der Waals surface area (Å²) < 4.78 is 5.38. The summed E-state index contributed by atoms with van der Waals surface area (Å²) in [7, 11) is 1.62. The molecule has 2 aromatic rings. The van der Waals surface area contributed by atoms with Gasteiger partial charge < -0.3 is 4.74 Å². The van der Waals surface area contributed by atoms with Crippen LogP contribution < -0.4 is 9.64 Å². The predicted molar refractivity (Wildman–Crippen MR) is 124 cm³/mol. The molecule has 2 aliphatic carbocycles. The van der Waals surface area contributed by atoms with Gasteiger partial charge in [-0.05, 0) is 61.8 Å². The van der Waals surface area contributed by atoms with Crippen LogP contribution in [0.15, 0.2) is 35.5 Å². The smallest absolute Gasteiger partial charge is 0.232 e.